The second-order valence-corrected chi connectivity index (χ2v) is 9.12. The zero-order valence-electron chi connectivity index (χ0n) is 13.2. The molecule has 0 bridgehead atoms. The molecule has 5 nitrogen and oxygen atoms in total. The summed E-state index contributed by atoms with van der Waals surface area (Å²) in [6, 6.07) is 6.90. The molecule has 1 unspecified atom stereocenters. The fourth-order valence-corrected chi connectivity index (χ4v) is 4.90. The van der Waals surface area contributed by atoms with Crippen LogP contribution in [0, 0.1) is 5.92 Å². The Bertz CT molecular complexity index is 748. The van der Waals surface area contributed by atoms with E-state index < -0.39 is 10.0 Å². The van der Waals surface area contributed by atoms with E-state index in [1.807, 2.05) is 5.38 Å². The molecule has 24 heavy (non-hydrogen) atoms. The third kappa shape index (κ3) is 4.92. The maximum Gasteiger partial charge on any atom is 0.215 e. The van der Waals surface area contributed by atoms with Gasteiger partial charge in [0.2, 0.25) is 10.0 Å². The fraction of sp³-hybridized carbons (Fsp3) is 0.438. The number of hydrogen-bond acceptors (Lipinski definition) is 5. The van der Waals surface area contributed by atoms with Gasteiger partial charge < -0.3 is 4.90 Å². The van der Waals surface area contributed by atoms with Gasteiger partial charge in [-0.15, -0.1) is 11.3 Å². The van der Waals surface area contributed by atoms with E-state index in [1.54, 1.807) is 41.8 Å². The third-order valence-electron chi connectivity index (χ3n) is 4.07. The van der Waals surface area contributed by atoms with Crippen LogP contribution in [0.1, 0.15) is 18.4 Å². The minimum absolute atomic E-state index is 0.0208. The van der Waals surface area contributed by atoms with Crippen molar-refractivity contribution in [2.45, 2.75) is 18.6 Å². The second-order valence-electron chi connectivity index (χ2n) is 6.00. The lowest BCUT2D eigenvalue weighted by Crippen LogP contribution is -2.41. The lowest BCUT2D eigenvalue weighted by atomic mass is 9.99. The van der Waals surface area contributed by atoms with Crippen LogP contribution < -0.4 is 9.62 Å². The number of piperidine rings is 1. The highest BCUT2D eigenvalue weighted by atomic mass is 35.5. The highest BCUT2D eigenvalue weighted by molar-refractivity contribution is 7.88. The predicted molar refractivity (Wildman–Crippen MR) is 99.1 cm³/mol. The molecule has 2 aromatic rings. The van der Waals surface area contributed by atoms with E-state index in [0.717, 1.165) is 36.6 Å². The number of anilines is 1. The summed E-state index contributed by atoms with van der Waals surface area (Å²) in [4.78, 5) is 6.58. The van der Waals surface area contributed by atoms with E-state index in [-0.39, 0.29) is 5.75 Å². The predicted octanol–water partition coefficient (Wildman–Crippen LogP) is 3.13. The summed E-state index contributed by atoms with van der Waals surface area (Å²) in [5, 5.41) is 3.59. The van der Waals surface area contributed by atoms with Crippen LogP contribution in [0.25, 0.3) is 0 Å². The molecule has 0 spiro atoms. The topological polar surface area (TPSA) is 62.3 Å². The van der Waals surface area contributed by atoms with E-state index in [4.69, 9.17) is 11.6 Å². The molecule has 1 N–H and O–H groups in total. The normalized spacial score (nSPS) is 18.7. The number of aromatic nitrogens is 1. The van der Waals surface area contributed by atoms with Crippen LogP contribution in [0.4, 0.5) is 5.13 Å². The molecule has 0 radical (unpaired) electrons. The maximum atomic E-state index is 12.3. The fourth-order valence-electron chi connectivity index (χ4n) is 2.87. The summed E-state index contributed by atoms with van der Waals surface area (Å²) in [5.41, 5.74) is 0.736. The number of thiazole rings is 1. The van der Waals surface area contributed by atoms with Gasteiger partial charge in [0, 0.05) is 36.2 Å². The lowest BCUT2D eigenvalue weighted by molar-refractivity contribution is 0.410. The van der Waals surface area contributed by atoms with Gasteiger partial charge in [0.25, 0.3) is 0 Å². The Hall–Kier alpha value is -1.15. The molecule has 1 saturated heterocycles. The van der Waals surface area contributed by atoms with Crippen molar-refractivity contribution < 1.29 is 8.42 Å². The summed E-state index contributed by atoms with van der Waals surface area (Å²) in [7, 11) is -3.34. The molecule has 0 amide bonds. The van der Waals surface area contributed by atoms with E-state index in [9.17, 15) is 8.42 Å². The Labute approximate surface area is 151 Å². The number of sulfonamides is 1. The standard InChI is InChI=1S/C16H20ClN3O2S2/c17-15-5-3-13(4-6-15)12-24(21,22)19-10-14-2-1-8-20(11-14)16-18-7-9-23-16/h3-7,9,14,19H,1-2,8,10-12H2. The molecule has 0 aliphatic carbocycles. The Morgan fingerprint density at radius 3 is 2.83 bits per heavy atom. The minimum Gasteiger partial charge on any atom is -0.348 e. The first-order chi connectivity index (χ1) is 11.5. The highest BCUT2D eigenvalue weighted by Gasteiger charge is 2.23. The average molecular weight is 386 g/mol. The molecular formula is C16H20ClN3O2S2. The van der Waals surface area contributed by atoms with Crippen molar-refractivity contribution in [1.29, 1.82) is 0 Å². The molecule has 1 aliphatic heterocycles. The Morgan fingerprint density at radius 1 is 1.33 bits per heavy atom. The summed E-state index contributed by atoms with van der Waals surface area (Å²) in [6.45, 7) is 2.30. The van der Waals surface area contributed by atoms with E-state index in [0.29, 0.717) is 17.5 Å². The quantitative estimate of drug-likeness (QED) is 0.829. The number of halogens is 1. The van der Waals surface area contributed by atoms with Crippen molar-refractivity contribution in [3.05, 3.63) is 46.4 Å². The summed E-state index contributed by atoms with van der Waals surface area (Å²) in [6.07, 6.45) is 3.90. The molecule has 3 rings (SSSR count). The van der Waals surface area contributed by atoms with Gasteiger partial charge in [-0.25, -0.2) is 18.1 Å². The van der Waals surface area contributed by atoms with Crippen LogP contribution in [-0.4, -0.2) is 33.0 Å². The number of hydrogen-bond donors (Lipinski definition) is 1. The zero-order valence-corrected chi connectivity index (χ0v) is 15.6. The monoisotopic (exact) mass is 385 g/mol. The summed E-state index contributed by atoms with van der Waals surface area (Å²) in [5.74, 6) is 0.287. The number of nitrogens with zero attached hydrogens (tertiary/aromatic N) is 2. The molecule has 1 atom stereocenters. The van der Waals surface area contributed by atoms with Crippen molar-refractivity contribution in [3.63, 3.8) is 0 Å². The summed E-state index contributed by atoms with van der Waals surface area (Å²) >= 11 is 7.45. The minimum atomic E-state index is -3.34. The molecule has 130 valence electrons. The number of rotatable bonds is 6. The molecule has 1 aromatic carbocycles. The van der Waals surface area contributed by atoms with Gasteiger partial charge in [-0.05, 0) is 36.5 Å². The molecule has 0 saturated carbocycles. The first kappa shape index (κ1) is 17.7. The van der Waals surface area contributed by atoms with E-state index >= 15 is 0 Å². The molecule has 2 heterocycles. The van der Waals surface area contributed by atoms with Crippen LogP contribution in [0.2, 0.25) is 5.02 Å². The van der Waals surface area contributed by atoms with Gasteiger partial charge >= 0.3 is 0 Å². The van der Waals surface area contributed by atoms with E-state index in [2.05, 4.69) is 14.6 Å². The highest BCUT2D eigenvalue weighted by Crippen LogP contribution is 2.24. The third-order valence-corrected chi connectivity index (χ3v) is 6.47. The van der Waals surface area contributed by atoms with Crippen LogP contribution in [0.3, 0.4) is 0 Å². The summed E-state index contributed by atoms with van der Waals surface area (Å²) < 4.78 is 27.3. The van der Waals surface area contributed by atoms with Crippen molar-refractivity contribution in [3.8, 4) is 0 Å². The molecule has 8 heteroatoms. The Kier molecular flexibility index (Phi) is 5.76. The first-order valence-electron chi connectivity index (χ1n) is 7.88. The smallest absolute Gasteiger partial charge is 0.215 e. The molecule has 1 fully saturated rings. The van der Waals surface area contributed by atoms with Gasteiger partial charge in [0.05, 0.1) is 5.75 Å². The molecular weight excluding hydrogens is 366 g/mol. The van der Waals surface area contributed by atoms with Crippen molar-refractivity contribution in [1.82, 2.24) is 9.71 Å². The molecule has 1 aliphatic rings. The Balaban J connectivity index is 1.53. The average Bonchev–Trinajstić information content (AvgIpc) is 3.10. The van der Waals surface area contributed by atoms with Gasteiger partial charge in [0.1, 0.15) is 0 Å². The van der Waals surface area contributed by atoms with Gasteiger partial charge in [-0.1, -0.05) is 23.7 Å². The molecule has 1 aromatic heterocycles. The van der Waals surface area contributed by atoms with Crippen LogP contribution in [0.15, 0.2) is 35.8 Å². The lowest BCUT2D eigenvalue weighted by Gasteiger charge is -2.32. The first-order valence-corrected chi connectivity index (χ1v) is 10.8. The second kappa shape index (κ2) is 7.82. The maximum absolute atomic E-state index is 12.3. The van der Waals surface area contributed by atoms with Gasteiger partial charge in [-0.2, -0.15) is 0 Å². The van der Waals surface area contributed by atoms with Crippen molar-refractivity contribution >= 4 is 38.1 Å². The zero-order chi connectivity index (χ0) is 17.0. The SMILES string of the molecule is O=S(=O)(Cc1ccc(Cl)cc1)NCC1CCCN(c2nccs2)C1. The van der Waals surface area contributed by atoms with Gasteiger partial charge in [-0.3, -0.25) is 0 Å². The van der Waals surface area contributed by atoms with Crippen molar-refractivity contribution in [2.75, 3.05) is 24.5 Å². The van der Waals surface area contributed by atoms with Crippen molar-refractivity contribution in [2.24, 2.45) is 5.92 Å². The van der Waals surface area contributed by atoms with Crippen LogP contribution in [-0.2, 0) is 15.8 Å². The van der Waals surface area contributed by atoms with E-state index in [1.165, 1.54) is 0 Å². The largest absolute Gasteiger partial charge is 0.348 e. The Morgan fingerprint density at radius 2 is 2.12 bits per heavy atom. The van der Waals surface area contributed by atoms with Gasteiger partial charge in [0.15, 0.2) is 5.13 Å². The number of benzene rings is 1. The van der Waals surface area contributed by atoms with Crippen LogP contribution in [0.5, 0.6) is 0 Å². The van der Waals surface area contributed by atoms with Crippen LogP contribution >= 0.6 is 22.9 Å². The number of nitrogens with one attached hydrogen (secondary N) is 1.